The van der Waals surface area contributed by atoms with Gasteiger partial charge in [0.2, 0.25) is 15.8 Å². The van der Waals surface area contributed by atoms with Crippen LogP contribution < -0.4 is 19.9 Å². The fraction of sp³-hybridized carbons (Fsp3) is 0.290. The largest absolute Gasteiger partial charge is 0.483 e. The molecule has 42 heavy (non-hydrogen) atoms. The van der Waals surface area contributed by atoms with Gasteiger partial charge < -0.3 is 14.4 Å². The van der Waals surface area contributed by atoms with Crippen molar-refractivity contribution in [2.45, 2.75) is 36.7 Å². The van der Waals surface area contributed by atoms with Crippen molar-refractivity contribution in [2.24, 2.45) is 0 Å². The van der Waals surface area contributed by atoms with Crippen LogP contribution in [0.15, 0.2) is 94.7 Å². The van der Waals surface area contributed by atoms with E-state index in [0.717, 1.165) is 25.7 Å². The minimum Gasteiger partial charge on any atom is -0.483 e. The van der Waals surface area contributed by atoms with Crippen molar-refractivity contribution in [3.8, 4) is 22.9 Å². The first-order valence-corrected chi connectivity index (χ1v) is 15.8. The van der Waals surface area contributed by atoms with Crippen molar-refractivity contribution < 1.29 is 17.9 Å². The number of hydrogen-bond donors (Lipinski definition) is 0. The van der Waals surface area contributed by atoms with E-state index in [1.54, 1.807) is 66.9 Å². The van der Waals surface area contributed by atoms with E-state index in [2.05, 4.69) is 5.10 Å². The lowest BCUT2D eigenvalue weighted by molar-refractivity contribution is 0.205. The molecule has 0 radical (unpaired) electrons. The van der Waals surface area contributed by atoms with Crippen LogP contribution in [0.4, 0.5) is 5.69 Å². The maximum Gasteiger partial charge on any atom is 0.316 e. The van der Waals surface area contributed by atoms with Gasteiger partial charge in [-0.15, -0.1) is 0 Å². The van der Waals surface area contributed by atoms with Crippen LogP contribution >= 0.6 is 11.6 Å². The molecule has 218 valence electrons. The highest BCUT2D eigenvalue weighted by Gasteiger charge is 2.33. The van der Waals surface area contributed by atoms with E-state index in [1.165, 1.54) is 8.99 Å². The molecule has 0 unspecified atom stereocenters. The Morgan fingerprint density at radius 2 is 1.57 bits per heavy atom. The molecule has 1 saturated heterocycles. The summed E-state index contributed by atoms with van der Waals surface area (Å²) >= 11 is 6.18. The van der Waals surface area contributed by atoms with Crippen molar-refractivity contribution >= 4 is 27.3 Å². The molecule has 1 aliphatic carbocycles. The van der Waals surface area contributed by atoms with Gasteiger partial charge in [0.15, 0.2) is 0 Å². The third-order valence-corrected chi connectivity index (χ3v) is 9.74. The summed E-state index contributed by atoms with van der Waals surface area (Å²) in [5, 5.41) is 4.94. The number of ether oxygens (including phenoxy) is 2. The standard InChI is InChI=1S/C31H31ClN4O5S/c32-23-9-8-10-24(21-23)36-31(37)30(41-26-13-4-5-14-26)27(22-33-36)34-17-19-35(20-18-34)42(38,39)29-16-7-6-15-28(29)40-25-11-2-1-3-12-25/h1-3,6-12,15-16,21-22,26H,4-5,13-14,17-20H2. The Hall–Kier alpha value is -3.86. The lowest BCUT2D eigenvalue weighted by atomic mass is 10.2. The number of sulfonamides is 1. The molecule has 0 atom stereocenters. The van der Waals surface area contributed by atoms with Gasteiger partial charge in [0.1, 0.15) is 22.1 Å². The SMILES string of the molecule is O=c1c(OC2CCCC2)c(N2CCN(S(=O)(=O)c3ccccc3Oc3ccccc3)CC2)cnn1-c1cccc(Cl)c1. The van der Waals surface area contributed by atoms with E-state index in [-0.39, 0.29) is 41.1 Å². The molecule has 0 bridgehead atoms. The second kappa shape index (κ2) is 12.2. The molecule has 1 aliphatic heterocycles. The van der Waals surface area contributed by atoms with Gasteiger partial charge in [0.05, 0.1) is 18.0 Å². The summed E-state index contributed by atoms with van der Waals surface area (Å²) in [7, 11) is -3.85. The zero-order valence-corrected chi connectivity index (χ0v) is 24.5. The van der Waals surface area contributed by atoms with Crippen molar-refractivity contribution in [1.29, 1.82) is 0 Å². The Balaban J connectivity index is 1.25. The third kappa shape index (κ3) is 5.88. The Labute approximate surface area is 249 Å². The molecule has 0 N–H and O–H groups in total. The number of halogens is 1. The predicted octanol–water partition coefficient (Wildman–Crippen LogP) is 5.51. The van der Waals surface area contributed by atoms with Gasteiger partial charge in [-0.2, -0.15) is 14.1 Å². The average molecular weight is 607 g/mol. The quantitative estimate of drug-likeness (QED) is 0.261. The monoisotopic (exact) mass is 606 g/mol. The van der Waals surface area contributed by atoms with Crippen LogP contribution in [0.1, 0.15) is 25.7 Å². The number of hydrogen-bond acceptors (Lipinski definition) is 7. The maximum atomic E-state index is 13.7. The molecule has 1 saturated carbocycles. The van der Waals surface area contributed by atoms with Gasteiger partial charge in [-0.1, -0.05) is 48.0 Å². The number of aromatic nitrogens is 2. The fourth-order valence-electron chi connectivity index (χ4n) is 5.40. The first-order chi connectivity index (χ1) is 20.4. The van der Waals surface area contributed by atoms with Gasteiger partial charge in [0.25, 0.3) is 0 Å². The minimum absolute atomic E-state index is 0.0468. The van der Waals surface area contributed by atoms with Crippen molar-refractivity contribution in [3.05, 3.63) is 100 Å². The van der Waals surface area contributed by atoms with E-state index in [4.69, 9.17) is 21.1 Å². The van der Waals surface area contributed by atoms with E-state index in [0.29, 0.717) is 35.2 Å². The van der Waals surface area contributed by atoms with Gasteiger partial charge in [-0.05, 0) is 68.1 Å². The van der Waals surface area contributed by atoms with Crippen LogP contribution in [0.5, 0.6) is 17.2 Å². The molecule has 0 spiro atoms. The zero-order chi connectivity index (χ0) is 29.1. The molecule has 9 nitrogen and oxygen atoms in total. The van der Waals surface area contributed by atoms with Crippen LogP contribution in [0.2, 0.25) is 5.02 Å². The molecule has 2 aliphatic rings. The molecule has 11 heteroatoms. The first-order valence-electron chi connectivity index (χ1n) is 14.0. The number of benzene rings is 3. The fourth-order valence-corrected chi connectivity index (χ4v) is 7.12. The topological polar surface area (TPSA) is 94.0 Å². The van der Waals surface area contributed by atoms with Crippen molar-refractivity contribution in [2.75, 3.05) is 31.1 Å². The third-order valence-electron chi connectivity index (χ3n) is 7.57. The molecule has 3 aromatic carbocycles. The number of anilines is 1. The van der Waals surface area contributed by atoms with Gasteiger partial charge in [-0.25, -0.2) is 8.42 Å². The lowest BCUT2D eigenvalue weighted by Crippen LogP contribution is -2.49. The molecule has 2 fully saturated rings. The summed E-state index contributed by atoms with van der Waals surface area (Å²) < 4.78 is 42.5. The van der Waals surface area contributed by atoms with Crippen LogP contribution in [0.25, 0.3) is 5.69 Å². The summed E-state index contributed by atoms with van der Waals surface area (Å²) in [6.45, 7) is 1.18. The Kier molecular flexibility index (Phi) is 8.19. The van der Waals surface area contributed by atoms with Crippen LogP contribution in [-0.2, 0) is 10.0 Å². The maximum absolute atomic E-state index is 13.7. The Morgan fingerprint density at radius 3 is 2.31 bits per heavy atom. The lowest BCUT2D eigenvalue weighted by Gasteiger charge is -2.36. The highest BCUT2D eigenvalue weighted by Crippen LogP contribution is 2.33. The summed E-state index contributed by atoms with van der Waals surface area (Å²) in [6, 6.07) is 22.7. The van der Waals surface area contributed by atoms with Crippen LogP contribution in [0, 0.1) is 0 Å². The van der Waals surface area contributed by atoms with Gasteiger partial charge in [-0.3, -0.25) is 4.79 Å². The molecule has 4 aromatic rings. The van der Waals surface area contributed by atoms with Crippen LogP contribution in [0.3, 0.4) is 0 Å². The molecular weight excluding hydrogens is 576 g/mol. The molecule has 1 aromatic heterocycles. The summed E-state index contributed by atoms with van der Waals surface area (Å²) in [5.41, 5.74) is 0.737. The van der Waals surface area contributed by atoms with Crippen molar-refractivity contribution in [3.63, 3.8) is 0 Å². The smallest absolute Gasteiger partial charge is 0.316 e. The van der Waals surface area contributed by atoms with Crippen molar-refractivity contribution in [1.82, 2.24) is 14.1 Å². The first kappa shape index (κ1) is 28.3. The van der Waals surface area contributed by atoms with E-state index in [9.17, 15) is 13.2 Å². The Bertz CT molecular complexity index is 1720. The van der Waals surface area contributed by atoms with Gasteiger partial charge >= 0.3 is 5.56 Å². The Morgan fingerprint density at radius 1 is 0.857 bits per heavy atom. The highest BCUT2D eigenvalue weighted by atomic mass is 35.5. The average Bonchev–Trinajstić information content (AvgIpc) is 3.52. The molecule has 6 rings (SSSR count). The number of piperazine rings is 1. The number of rotatable bonds is 8. The second-order valence-electron chi connectivity index (χ2n) is 10.3. The second-order valence-corrected chi connectivity index (χ2v) is 12.7. The van der Waals surface area contributed by atoms with E-state index >= 15 is 0 Å². The summed E-state index contributed by atoms with van der Waals surface area (Å²) in [5.74, 6) is 1.06. The molecular formula is C31H31ClN4O5S. The van der Waals surface area contributed by atoms with Gasteiger partial charge in [0, 0.05) is 31.2 Å². The minimum atomic E-state index is -3.85. The summed E-state index contributed by atoms with van der Waals surface area (Å²) in [6.07, 6.45) is 5.46. The number of para-hydroxylation sites is 2. The predicted molar refractivity (Wildman–Crippen MR) is 162 cm³/mol. The van der Waals surface area contributed by atoms with Crippen LogP contribution in [-0.4, -0.2) is 54.8 Å². The van der Waals surface area contributed by atoms with E-state index in [1.807, 2.05) is 23.1 Å². The highest BCUT2D eigenvalue weighted by molar-refractivity contribution is 7.89. The summed E-state index contributed by atoms with van der Waals surface area (Å²) in [4.78, 5) is 15.8. The molecule has 0 amide bonds. The zero-order valence-electron chi connectivity index (χ0n) is 22.9. The molecule has 2 heterocycles. The normalized spacial score (nSPS) is 16.5. The number of nitrogens with zero attached hydrogens (tertiary/aromatic N) is 4. The van der Waals surface area contributed by atoms with E-state index < -0.39 is 10.0 Å².